The number of ether oxygens (including phenoxy) is 1. The molecule has 3 heterocycles. The predicted molar refractivity (Wildman–Crippen MR) is 82.0 cm³/mol. The minimum atomic E-state index is -0.822. The summed E-state index contributed by atoms with van der Waals surface area (Å²) < 4.78 is 9.21. The molecule has 0 radical (unpaired) electrons. The third kappa shape index (κ3) is 3.29. The number of amides is 1. The number of aryl methyl sites for hydroxylation is 1. The second kappa shape index (κ2) is 6.57. The molecule has 0 bridgehead atoms. The van der Waals surface area contributed by atoms with Gasteiger partial charge >= 0.3 is 0 Å². The van der Waals surface area contributed by atoms with Crippen molar-refractivity contribution in [3.63, 3.8) is 0 Å². The molecular formula is C14H22N4O3S. The van der Waals surface area contributed by atoms with Gasteiger partial charge in [0.2, 0.25) is 0 Å². The van der Waals surface area contributed by atoms with Crippen LogP contribution in [0.25, 0.3) is 0 Å². The van der Waals surface area contributed by atoms with Gasteiger partial charge in [-0.1, -0.05) is 11.4 Å². The Labute approximate surface area is 134 Å². The summed E-state index contributed by atoms with van der Waals surface area (Å²) >= 11 is 1.14. The number of nitrogens with zero attached hydrogens (tertiary/aromatic N) is 4. The summed E-state index contributed by atoms with van der Waals surface area (Å²) in [4.78, 5) is 17.1. The summed E-state index contributed by atoms with van der Waals surface area (Å²) in [5.74, 6) is -0.0512. The molecule has 0 aromatic carbocycles. The van der Waals surface area contributed by atoms with E-state index in [1.807, 2.05) is 6.92 Å². The van der Waals surface area contributed by atoms with Gasteiger partial charge in [-0.25, -0.2) is 0 Å². The van der Waals surface area contributed by atoms with Crippen LogP contribution in [0.3, 0.4) is 0 Å². The molecule has 2 aliphatic rings. The number of carbonyl (C=O) groups excluding carboxylic acids is 1. The molecule has 1 atom stereocenters. The van der Waals surface area contributed by atoms with Gasteiger partial charge in [0.25, 0.3) is 5.91 Å². The fourth-order valence-corrected chi connectivity index (χ4v) is 3.80. The van der Waals surface area contributed by atoms with E-state index in [4.69, 9.17) is 4.74 Å². The van der Waals surface area contributed by atoms with E-state index in [0.29, 0.717) is 50.6 Å². The number of morpholine rings is 1. The molecule has 0 unspecified atom stereocenters. The van der Waals surface area contributed by atoms with E-state index in [1.54, 1.807) is 4.90 Å². The Morgan fingerprint density at radius 3 is 2.91 bits per heavy atom. The number of hydrogen-bond donors (Lipinski definition) is 1. The van der Waals surface area contributed by atoms with Crippen LogP contribution in [-0.4, -0.2) is 81.9 Å². The molecule has 22 heavy (non-hydrogen) atoms. The van der Waals surface area contributed by atoms with Crippen LogP contribution < -0.4 is 0 Å². The molecule has 1 aromatic heterocycles. The van der Waals surface area contributed by atoms with Crippen molar-refractivity contribution in [1.29, 1.82) is 0 Å². The third-order valence-electron chi connectivity index (χ3n) is 4.33. The zero-order chi connectivity index (χ0) is 15.6. The average Bonchev–Trinajstić information content (AvgIpc) is 3.14. The number of aliphatic hydroxyl groups is 1. The first-order valence-electron chi connectivity index (χ1n) is 7.74. The predicted octanol–water partition coefficient (Wildman–Crippen LogP) is 0.00970. The Hall–Kier alpha value is -1.09. The molecule has 2 saturated heterocycles. The van der Waals surface area contributed by atoms with Crippen molar-refractivity contribution in [3.8, 4) is 0 Å². The Kier molecular flexibility index (Phi) is 4.72. The first-order chi connectivity index (χ1) is 10.6. The van der Waals surface area contributed by atoms with Gasteiger partial charge in [0, 0.05) is 26.2 Å². The fourth-order valence-electron chi connectivity index (χ4n) is 3.08. The molecule has 0 spiro atoms. The van der Waals surface area contributed by atoms with Crippen molar-refractivity contribution in [2.24, 2.45) is 0 Å². The number of hydrogen-bond acceptors (Lipinski definition) is 7. The lowest BCUT2D eigenvalue weighted by Gasteiger charge is -2.33. The Bertz CT molecular complexity index is 532. The van der Waals surface area contributed by atoms with Crippen LogP contribution >= 0.6 is 11.5 Å². The highest BCUT2D eigenvalue weighted by molar-refractivity contribution is 7.08. The quantitative estimate of drug-likeness (QED) is 0.840. The summed E-state index contributed by atoms with van der Waals surface area (Å²) in [7, 11) is 0. The molecule has 3 rings (SSSR count). The number of aromatic nitrogens is 2. The van der Waals surface area contributed by atoms with Gasteiger partial charge in [0.15, 0.2) is 0 Å². The maximum atomic E-state index is 12.6. The smallest absolute Gasteiger partial charge is 0.267 e. The van der Waals surface area contributed by atoms with Crippen molar-refractivity contribution in [1.82, 2.24) is 19.4 Å². The third-order valence-corrected chi connectivity index (χ3v) is 5.08. The maximum absolute atomic E-state index is 12.6. The van der Waals surface area contributed by atoms with Crippen molar-refractivity contribution in [3.05, 3.63) is 10.6 Å². The first-order valence-corrected chi connectivity index (χ1v) is 8.51. The van der Waals surface area contributed by atoms with Gasteiger partial charge in [-0.2, -0.15) is 0 Å². The minimum absolute atomic E-state index is 0.0512. The molecule has 1 N–H and O–H groups in total. The van der Waals surface area contributed by atoms with E-state index in [2.05, 4.69) is 14.5 Å². The molecule has 8 heteroatoms. The second-order valence-electron chi connectivity index (χ2n) is 5.99. The second-order valence-corrected chi connectivity index (χ2v) is 6.75. The van der Waals surface area contributed by atoms with Crippen LogP contribution in [0.15, 0.2) is 0 Å². The Balaban J connectivity index is 1.62. The van der Waals surface area contributed by atoms with E-state index in [9.17, 15) is 9.90 Å². The van der Waals surface area contributed by atoms with Gasteiger partial charge in [-0.3, -0.25) is 9.69 Å². The SMILES string of the molecule is CCc1nnsc1C(=O)N1CC[C@](O)(CN2CCOCC2)C1. The highest BCUT2D eigenvalue weighted by Gasteiger charge is 2.40. The van der Waals surface area contributed by atoms with Crippen LogP contribution in [0.5, 0.6) is 0 Å². The zero-order valence-electron chi connectivity index (χ0n) is 12.8. The van der Waals surface area contributed by atoms with E-state index < -0.39 is 5.60 Å². The summed E-state index contributed by atoms with van der Waals surface area (Å²) in [6.07, 6.45) is 1.31. The Morgan fingerprint density at radius 1 is 1.41 bits per heavy atom. The lowest BCUT2D eigenvalue weighted by atomic mass is 10.0. The lowest BCUT2D eigenvalue weighted by Crippen LogP contribution is -2.49. The van der Waals surface area contributed by atoms with E-state index in [1.165, 1.54) is 0 Å². The van der Waals surface area contributed by atoms with E-state index >= 15 is 0 Å². The minimum Gasteiger partial charge on any atom is -0.387 e. The average molecular weight is 326 g/mol. The van der Waals surface area contributed by atoms with Crippen molar-refractivity contribution in [2.45, 2.75) is 25.4 Å². The topological polar surface area (TPSA) is 78.8 Å². The molecular weight excluding hydrogens is 304 g/mol. The van der Waals surface area contributed by atoms with Crippen LogP contribution in [0, 0.1) is 0 Å². The van der Waals surface area contributed by atoms with Crippen molar-refractivity contribution >= 4 is 17.4 Å². The molecule has 2 fully saturated rings. The normalized spacial score (nSPS) is 26.5. The number of β-amino-alcohol motifs (C(OH)–C–C–N with tert-alkyl or cyclic N) is 1. The summed E-state index contributed by atoms with van der Waals surface area (Å²) in [6.45, 7) is 6.64. The highest BCUT2D eigenvalue weighted by atomic mass is 32.1. The molecule has 0 aliphatic carbocycles. The number of likely N-dealkylation sites (tertiary alicyclic amines) is 1. The largest absolute Gasteiger partial charge is 0.387 e. The summed E-state index contributed by atoms with van der Waals surface area (Å²) in [6, 6.07) is 0. The zero-order valence-corrected chi connectivity index (χ0v) is 13.6. The van der Waals surface area contributed by atoms with Crippen LogP contribution in [0.4, 0.5) is 0 Å². The summed E-state index contributed by atoms with van der Waals surface area (Å²) in [5, 5.41) is 14.8. The fraction of sp³-hybridized carbons (Fsp3) is 0.786. The van der Waals surface area contributed by atoms with E-state index in [0.717, 1.165) is 30.3 Å². The molecule has 122 valence electrons. The van der Waals surface area contributed by atoms with Gasteiger partial charge in [0.1, 0.15) is 4.88 Å². The standard InChI is InChI=1S/C14H22N4O3S/c1-2-11-12(22-16-15-11)13(19)18-4-3-14(20,10-18)9-17-5-7-21-8-6-17/h20H,2-10H2,1H3/t14-/m0/s1. The van der Waals surface area contributed by atoms with Crippen LogP contribution in [-0.2, 0) is 11.2 Å². The lowest BCUT2D eigenvalue weighted by molar-refractivity contribution is -0.0257. The molecule has 0 saturated carbocycles. The Morgan fingerprint density at radius 2 is 2.18 bits per heavy atom. The highest BCUT2D eigenvalue weighted by Crippen LogP contribution is 2.26. The molecule has 1 aromatic rings. The summed E-state index contributed by atoms with van der Waals surface area (Å²) in [5.41, 5.74) is -0.0732. The number of carbonyl (C=O) groups is 1. The van der Waals surface area contributed by atoms with Gasteiger partial charge in [-0.15, -0.1) is 5.10 Å². The molecule has 7 nitrogen and oxygen atoms in total. The van der Waals surface area contributed by atoms with Gasteiger partial charge < -0.3 is 14.7 Å². The van der Waals surface area contributed by atoms with Crippen molar-refractivity contribution in [2.75, 3.05) is 45.9 Å². The van der Waals surface area contributed by atoms with E-state index in [-0.39, 0.29) is 5.91 Å². The van der Waals surface area contributed by atoms with Gasteiger partial charge in [0.05, 0.1) is 31.1 Å². The first kappa shape index (κ1) is 15.8. The van der Waals surface area contributed by atoms with Crippen LogP contribution in [0.2, 0.25) is 0 Å². The van der Waals surface area contributed by atoms with Crippen LogP contribution in [0.1, 0.15) is 28.7 Å². The maximum Gasteiger partial charge on any atom is 0.267 e. The molecule has 2 aliphatic heterocycles. The van der Waals surface area contributed by atoms with Crippen molar-refractivity contribution < 1.29 is 14.6 Å². The number of rotatable bonds is 4. The van der Waals surface area contributed by atoms with Gasteiger partial charge in [-0.05, 0) is 24.4 Å². The monoisotopic (exact) mass is 326 g/mol. The molecule has 1 amide bonds.